The Morgan fingerprint density at radius 3 is 2.95 bits per heavy atom. The van der Waals surface area contributed by atoms with E-state index in [-0.39, 0.29) is 11.9 Å². The molecular formula is C17H27N3O2. The van der Waals surface area contributed by atoms with Crippen molar-refractivity contribution >= 4 is 5.91 Å². The van der Waals surface area contributed by atoms with Gasteiger partial charge in [-0.15, -0.1) is 0 Å². The zero-order valence-electron chi connectivity index (χ0n) is 13.5. The van der Waals surface area contributed by atoms with Crippen molar-refractivity contribution in [3.05, 3.63) is 17.7 Å². The lowest BCUT2D eigenvalue weighted by molar-refractivity contribution is -0.140. The molecule has 0 bridgehead atoms. The van der Waals surface area contributed by atoms with Crippen LogP contribution in [0.5, 0.6) is 0 Å². The Labute approximate surface area is 132 Å². The van der Waals surface area contributed by atoms with Crippen molar-refractivity contribution in [2.75, 3.05) is 19.8 Å². The summed E-state index contributed by atoms with van der Waals surface area (Å²) in [6.07, 6.45) is 10.2. The molecule has 1 aliphatic heterocycles. The van der Waals surface area contributed by atoms with Gasteiger partial charge in [-0.05, 0) is 19.3 Å². The molecule has 1 aromatic heterocycles. The van der Waals surface area contributed by atoms with Gasteiger partial charge in [0.25, 0.3) is 0 Å². The highest BCUT2D eigenvalue weighted by Gasteiger charge is 2.30. The van der Waals surface area contributed by atoms with Gasteiger partial charge in [0, 0.05) is 24.9 Å². The highest BCUT2D eigenvalue weighted by molar-refractivity contribution is 5.76. The van der Waals surface area contributed by atoms with Gasteiger partial charge in [-0.2, -0.15) is 0 Å². The molecule has 1 amide bonds. The maximum atomic E-state index is 12.7. The molecule has 5 heteroatoms. The van der Waals surface area contributed by atoms with Gasteiger partial charge in [-0.25, -0.2) is 4.98 Å². The quantitative estimate of drug-likeness (QED) is 0.930. The first-order valence-corrected chi connectivity index (χ1v) is 8.63. The van der Waals surface area contributed by atoms with Gasteiger partial charge >= 0.3 is 0 Å². The Balaban J connectivity index is 1.58. The summed E-state index contributed by atoms with van der Waals surface area (Å²) in [6.45, 7) is 3.83. The second kappa shape index (κ2) is 7.27. The molecule has 2 aliphatic rings. The largest absolute Gasteiger partial charge is 0.377 e. The normalized spacial score (nSPS) is 23.7. The fourth-order valence-corrected chi connectivity index (χ4v) is 3.68. The Morgan fingerprint density at radius 1 is 1.41 bits per heavy atom. The van der Waals surface area contributed by atoms with Crippen LogP contribution in [0.2, 0.25) is 0 Å². The van der Waals surface area contributed by atoms with Gasteiger partial charge in [-0.1, -0.05) is 32.1 Å². The smallest absolute Gasteiger partial charge is 0.223 e. The lowest BCUT2D eigenvalue weighted by Gasteiger charge is -2.35. The van der Waals surface area contributed by atoms with Gasteiger partial charge in [0.05, 0.1) is 13.2 Å². The number of morpholine rings is 1. The van der Waals surface area contributed by atoms with E-state index in [9.17, 15) is 4.79 Å². The lowest BCUT2D eigenvalue weighted by atomic mass is 9.86. The first kappa shape index (κ1) is 15.5. The number of imidazole rings is 1. The summed E-state index contributed by atoms with van der Waals surface area (Å²) in [5.41, 5.74) is 1.02. The average molecular weight is 305 g/mol. The molecule has 122 valence electrons. The summed E-state index contributed by atoms with van der Waals surface area (Å²) in [4.78, 5) is 22.3. The first-order valence-electron chi connectivity index (χ1n) is 8.63. The van der Waals surface area contributed by atoms with E-state index in [2.05, 4.69) is 9.97 Å². The minimum Gasteiger partial charge on any atom is -0.377 e. The van der Waals surface area contributed by atoms with Gasteiger partial charge < -0.3 is 14.6 Å². The maximum Gasteiger partial charge on any atom is 0.223 e. The summed E-state index contributed by atoms with van der Waals surface area (Å²) >= 11 is 0. The van der Waals surface area contributed by atoms with Crippen molar-refractivity contribution in [2.45, 2.75) is 57.9 Å². The summed E-state index contributed by atoms with van der Waals surface area (Å²) in [6, 6.07) is -0.0543. The number of aromatic nitrogens is 2. The minimum absolute atomic E-state index is 0.0543. The molecule has 1 aliphatic carbocycles. The van der Waals surface area contributed by atoms with E-state index in [1.165, 1.54) is 32.1 Å². The van der Waals surface area contributed by atoms with Crippen LogP contribution in [0.15, 0.2) is 6.20 Å². The van der Waals surface area contributed by atoms with Crippen LogP contribution in [0.3, 0.4) is 0 Å². The third-order valence-electron chi connectivity index (χ3n) is 4.98. The Kier molecular flexibility index (Phi) is 5.13. The van der Waals surface area contributed by atoms with E-state index in [1.54, 1.807) is 0 Å². The fraction of sp³-hybridized carbons (Fsp3) is 0.765. The van der Waals surface area contributed by atoms with Crippen LogP contribution in [-0.2, 0) is 9.53 Å². The summed E-state index contributed by atoms with van der Waals surface area (Å²) in [5.74, 6) is 1.86. The highest BCUT2D eigenvalue weighted by atomic mass is 16.5. The molecular weight excluding hydrogens is 278 g/mol. The molecule has 1 N–H and O–H groups in total. The number of H-pyrrole nitrogens is 1. The van der Waals surface area contributed by atoms with Gasteiger partial charge in [0.15, 0.2) is 0 Å². The van der Waals surface area contributed by atoms with E-state index in [0.29, 0.717) is 26.2 Å². The van der Waals surface area contributed by atoms with Crippen molar-refractivity contribution in [3.8, 4) is 0 Å². The zero-order chi connectivity index (χ0) is 15.4. The molecule has 1 aromatic rings. The van der Waals surface area contributed by atoms with Crippen LogP contribution in [0, 0.1) is 12.8 Å². The number of aryl methyl sites for hydroxylation is 1. The number of carbonyl (C=O) groups is 1. The number of amides is 1. The molecule has 3 rings (SSSR count). The molecule has 1 saturated heterocycles. The molecule has 0 spiro atoms. The molecule has 0 radical (unpaired) electrons. The van der Waals surface area contributed by atoms with E-state index >= 15 is 0 Å². The Bertz CT molecular complexity index is 494. The number of rotatable bonds is 4. The van der Waals surface area contributed by atoms with Crippen molar-refractivity contribution in [2.24, 2.45) is 5.92 Å². The van der Waals surface area contributed by atoms with E-state index in [0.717, 1.165) is 23.9 Å². The predicted octanol–water partition coefficient (Wildman–Crippen LogP) is 2.98. The van der Waals surface area contributed by atoms with Crippen molar-refractivity contribution in [3.63, 3.8) is 0 Å². The van der Waals surface area contributed by atoms with Crippen molar-refractivity contribution < 1.29 is 9.53 Å². The molecule has 5 nitrogen and oxygen atoms in total. The average Bonchev–Trinajstić information content (AvgIpc) is 3.00. The first-order chi connectivity index (χ1) is 10.7. The molecule has 1 saturated carbocycles. The van der Waals surface area contributed by atoms with Crippen molar-refractivity contribution in [1.29, 1.82) is 0 Å². The number of hydrogen-bond acceptors (Lipinski definition) is 3. The topological polar surface area (TPSA) is 58.2 Å². The van der Waals surface area contributed by atoms with Gasteiger partial charge in [-0.3, -0.25) is 4.79 Å². The Morgan fingerprint density at radius 2 is 2.23 bits per heavy atom. The SMILES string of the molecule is Cc1cnc([C@H]2COCCN2C(=O)CCC2CCCCC2)[nH]1. The van der Waals surface area contributed by atoms with Crippen LogP contribution in [0.4, 0.5) is 0 Å². The van der Waals surface area contributed by atoms with E-state index in [1.807, 2.05) is 18.0 Å². The number of aromatic amines is 1. The molecule has 22 heavy (non-hydrogen) atoms. The monoisotopic (exact) mass is 305 g/mol. The van der Waals surface area contributed by atoms with Gasteiger partial charge in [0.2, 0.25) is 5.91 Å². The van der Waals surface area contributed by atoms with E-state index < -0.39 is 0 Å². The second-order valence-electron chi connectivity index (χ2n) is 6.67. The number of hydrogen-bond donors (Lipinski definition) is 1. The number of ether oxygens (including phenoxy) is 1. The van der Waals surface area contributed by atoms with Crippen LogP contribution < -0.4 is 0 Å². The highest BCUT2D eigenvalue weighted by Crippen LogP contribution is 2.29. The zero-order valence-corrected chi connectivity index (χ0v) is 13.5. The third-order valence-corrected chi connectivity index (χ3v) is 4.98. The molecule has 0 unspecified atom stereocenters. The van der Waals surface area contributed by atoms with Gasteiger partial charge in [0.1, 0.15) is 11.9 Å². The Hall–Kier alpha value is -1.36. The number of carbonyl (C=O) groups excluding carboxylic acids is 1. The summed E-state index contributed by atoms with van der Waals surface area (Å²) in [5, 5.41) is 0. The van der Waals surface area contributed by atoms with E-state index in [4.69, 9.17) is 4.74 Å². The second-order valence-corrected chi connectivity index (χ2v) is 6.67. The molecule has 2 fully saturated rings. The fourth-order valence-electron chi connectivity index (χ4n) is 3.68. The summed E-state index contributed by atoms with van der Waals surface area (Å²) < 4.78 is 5.57. The van der Waals surface area contributed by atoms with Crippen molar-refractivity contribution in [1.82, 2.24) is 14.9 Å². The third kappa shape index (κ3) is 3.69. The van der Waals surface area contributed by atoms with Crippen LogP contribution in [0.1, 0.15) is 62.5 Å². The summed E-state index contributed by atoms with van der Waals surface area (Å²) in [7, 11) is 0. The maximum absolute atomic E-state index is 12.7. The molecule has 0 aromatic carbocycles. The van der Waals surface area contributed by atoms with Crippen LogP contribution in [-0.4, -0.2) is 40.5 Å². The van der Waals surface area contributed by atoms with Crippen LogP contribution >= 0.6 is 0 Å². The lowest BCUT2D eigenvalue weighted by Crippen LogP contribution is -2.43. The van der Waals surface area contributed by atoms with Crippen LogP contribution in [0.25, 0.3) is 0 Å². The number of nitrogens with one attached hydrogen (secondary N) is 1. The minimum atomic E-state index is -0.0543. The standard InChI is InChI=1S/C17H27N3O2/c1-13-11-18-17(19-13)15-12-22-10-9-20(15)16(21)8-7-14-5-3-2-4-6-14/h11,14-15H,2-10,12H2,1H3,(H,18,19)/t15-/m1/s1. The molecule has 2 heterocycles. The number of nitrogens with zero attached hydrogens (tertiary/aromatic N) is 2. The molecule has 1 atom stereocenters. The predicted molar refractivity (Wildman–Crippen MR) is 84.4 cm³/mol.